The number of unbranched alkanes of at least 4 members (excludes halogenated alkanes) is 1. The average Bonchev–Trinajstić information content (AvgIpc) is 2.64. The molecule has 5 nitrogen and oxygen atoms in total. The largest absolute Gasteiger partial charge is 0.322 e. The van der Waals surface area contributed by atoms with Crippen LogP contribution >= 0.6 is 23.2 Å². The Bertz CT molecular complexity index is 866. The van der Waals surface area contributed by atoms with Crippen LogP contribution in [-0.4, -0.2) is 17.5 Å². The van der Waals surface area contributed by atoms with Crippen LogP contribution in [0, 0.1) is 0 Å². The number of hydrogen-bond donors (Lipinski definition) is 2. The Morgan fingerprint density at radius 2 is 1.89 bits per heavy atom. The lowest BCUT2D eigenvalue weighted by Gasteiger charge is -2.09. The molecule has 2 amide bonds. The number of nitrogens with one attached hydrogen (secondary N) is 2. The molecule has 0 aliphatic rings. The van der Waals surface area contributed by atoms with E-state index < -0.39 is 0 Å². The summed E-state index contributed by atoms with van der Waals surface area (Å²) in [5.74, 6) is -0.450. The Kier molecular flexibility index (Phi) is 7.82. The van der Waals surface area contributed by atoms with Crippen molar-refractivity contribution in [3.8, 4) is 0 Å². The summed E-state index contributed by atoms with van der Waals surface area (Å²) in [4.78, 5) is 24.1. The van der Waals surface area contributed by atoms with E-state index in [0.29, 0.717) is 28.4 Å². The second-order valence-electron chi connectivity index (χ2n) is 5.99. The molecule has 0 aliphatic heterocycles. The van der Waals surface area contributed by atoms with Crippen molar-refractivity contribution in [3.05, 3.63) is 63.6 Å². The van der Waals surface area contributed by atoms with Crippen LogP contribution in [0.25, 0.3) is 0 Å². The van der Waals surface area contributed by atoms with Gasteiger partial charge in [0.1, 0.15) is 0 Å². The van der Waals surface area contributed by atoms with E-state index in [2.05, 4.69) is 15.8 Å². The topological polar surface area (TPSA) is 70.6 Å². The Balaban J connectivity index is 2.08. The number of benzene rings is 2. The van der Waals surface area contributed by atoms with Crippen LogP contribution in [0.1, 0.15) is 49.0 Å². The van der Waals surface area contributed by atoms with Gasteiger partial charge in [-0.15, -0.1) is 0 Å². The van der Waals surface area contributed by atoms with Gasteiger partial charge in [-0.3, -0.25) is 9.59 Å². The molecule has 7 heteroatoms. The summed E-state index contributed by atoms with van der Waals surface area (Å²) in [6.07, 6.45) is 2.23. The van der Waals surface area contributed by atoms with Gasteiger partial charge in [0.15, 0.2) is 0 Å². The number of carbonyl (C=O) groups excluding carboxylic acids is 2. The van der Waals surface area contributed by atoms with Crippen molar-refractivity contribution in [1.29, 1.82) is 0 Å². The molecule has 2 aromatic rings. The average molecular weight is 406 g/mol. The van der Waals surface area contributed by atoms with E-state index in [1.165, 1.54) is 6.07 Å². The Hall–Kier alpha value is -2.37. The van der Waals surface area contributed by atoms with Crippen LogP contribution in [0.3, 0.4) is 0 Å². The zero-order valence-corrected chi connectivity index (χ0v) is 16.7. The molecule has 27 heavy (non-hydrogen) atoms. The molecule has 2 aromatic carbocycles. The number of carbonyl (C=O) groups is 2. The number of halogens is 2. The maximum absolute atomic E-state index is 12.4. The number of hydrazone groups is 1. The first-order valence-corrected chi connectivity index (χ1v) is 9.36. The third kappa shape index (κ3) is 6.38. The third-order valence-electron chi connectivity index (χ3n) is 3.82. The highest BCUT2D eigenvalue weighted by Crippen LogP contribution is 2.22. The van der Waals surface area contributed by atoms with E-state index in [4.69, 9.17) is 23.2 Å². The molecule has 0 spiro atoms. The summed E-state index contributed by atoms with van der Waals surface area (Å²) in [6.45, 7) is 3.82. The van der Waals surface area contributed by atoms with E-state index in [1.807, 2.05) is 13.0 Å². The lowest BCUT2D eigenvalue weighted by Crippen LogP contribution is -2.18. The smallest absolute Gasteiger partial charge is 0.257 e. The quantitative estimate of drug-likeness (QED) is 0.485. The summed E-state index contributed by atoms with van der Waals surface area (Å²) in [6, 6.07) is 11.9. The van der Waals surface area contributed by atoms with Crippen LogP contribution in [-0.2, 0) is 4.79 Å². The monoisotopic (exact) mass is 405 g/mol. The molecule has 0 bridgehead atoms. The van der Waals surface area contributed by atoms with Crippen LogP contribution in [0.4, 0.5) is 5.69 Å². The molecule has 0 heterocycles. The molecular formula is C20H21Cl2N3O2. The lowest BCUT2D eigenvalue weighted by atomic mass is 10.1. The first-order valence-electron chi connectivity index (χ1n) is 8.60. The molecule has 142 valence electrons. The van der Waals surface area contributed by atoms with Crippen LogP contribution < -0.4 is 10.7 Å². The molecule has 0 unspecified atom stereocenters. The van der Waals surface area contributed by atoms with Crippen molar-refractivity contribution in [2.24, 2.45) is 5.10 Å². The number of anilines is 1. The van der Waals surface area contributed by atoms with E-state index in [9.17, 15) is 9.59 Å². The van der Waals surface area contributed by atoms with Crippen LogP contribution in [0.15, 0.2) is 47.6 Å². The first kappa shape index (κ1) is 20.9. The second kappa shape index (κ2) is 10.1. The maximum Gasteiger partial charge on any atom is 0.257 e. The number of rotatable bonds is 7. The molecule has 0 fully saturated rings. The van der Waals surface area contributed by atoms with Gasteiger partial charge in [-0.1, -0.05) is 48.7 Å². The fraction of sp³-hybridized carbons (Fsp3) is 0.250. The van der Waals surface area contributed by atoms with Crippen molar-refractivity contribution in [2.75, 3.05) is 5.32 Å². The van der Waals surface area contributed by atoms with Gasteiger partial charge in [-0.05, 0) is 49.2 Å². The van der Waals surface area contributed by atoms with Crippen molar-refractivity contribution < 1.29 is 9.59 Å². The predicted molar refractivity (Wildman–Crippen MR) is 111 cm³/mol. The Morgan fingerprint density at radius 3 is 2.59 bits per heavy atom. The van der Waals surface area contributed by atoms with Gasteiger partial charge in [0.2, 0.25) is 5.91 Å². The molecule has 0 aromatic heterocycles. The minimum atomic E-state index is -0.337. The number of nitrogens with zero attached hydrogens (tertiary/aromatic N) is 1. The molecule has 0 saturated carbocycles. The van der Waals surface area contributed by atoms with Gasteiger partial charge in [-0.2, -0.15) is 5.10 Å². The summed E-state index contributed by atoms with van der Waals surface area (Å²) in [5, 5.41) is 7.66. The third-order valence-corrected chi connectivity index (χ3v) is 4.37. The first-order chi connectivity index (χ1) is 12.9. The molecule has 0 aliphatic carbocycles. The van der Waals surface area contributed by atoms with E-state index >= 15 is 0 Å². The van der Waals surface area contributed by atoms with Gasteiger partial charge in [0.25, 0.3) is 5.91 Å². The molecule has 2 N–H and O–H groups in total. The highest BCUT2D eigenvalue weighted by Gasteiger charge is 2.11. The van der Waals surface area contributed by atoms with Crippen molar-refractivity contribution in [1.82, 2.24) is 5.43 Å². The summed E-state index contributed by atoms with van der Waals surface area (Å²) < 4.78 is 0. The second-order valence-corrected chi connectivity index (χ2v) is 6.84. The lowest BCUT2D eigenvalue weighted by molar-refractivity contribution is -0.121. The number of hydrogen-bond acceptors (Lipinski definition) is 3. The van der Waals surface area contributed by atoms with Crippen molar-refractivity contribution >= 4 is 46.4 Å². The van der Waals surface area contributed by atoms with Gasteiger partial charge in [-0.25, -0.2) is 5.43 Å². The van der Waals surface area contributed by atoms with E-state index in [-0.39, 0.29) is 16.8 Å². The highest BCUT2D eigenvalue weighted by atomic mass is 35.5. The molecule has 0 atom stereocenters. The SMILES string of the molecule is CCCCC(=O)N/N=C(/C)c1cccc(NC(=O)c2ccc(Cl)cc2Cl)c1. The van der Waals surface area contributed by atoms with Gasteiger partial charge < -0.3 is 5.32 Å². The standard InChI is InChI=1S/C20H21Cl2N3O2/c1-3-4-8-19(26)25-24-13(2)14-6-5-7-16(11-14)23-20(27)17-10-9-15(21)12-18(17)22/h5-7,9-12H,3-4,8H2,1-2H3,(H,23,27)(H,25,26)/b24-13-. The highest BCUT2D eigenvalue weighted by molar-refractivity contribution is 6.37. The molecule has 0 radical (unpaired) electrons. The normalized spacial score (nSPS) is 11.2. The summed E-state index contributed by atoms with van der Waals surface area (Å²) >= 11 is 11.9. The van der Waals surface area contributed by atoms with E-state index in [1.54, 1.807) is 37.3 Å². The Morgan fingerprint density at radius 1 is 1.11 bits per heavy atom. The van der Waals surface area contributed by atoms with Gasteiger partial charge in [0.05, 0.1) is 16.3 Å². The van der Waals surface area contributed by atoms with Crippen molar-refractivity contribution in [2.45, 2.75) is 33.1 Å². The van der Waals surface area contributed by atoms with E-state index in [0.717, 1.165) is 18.4 Å². The van der Waals surface area contributed by atoms with Crippen molar-refractivity contribution in [3.63, 3.8) is 0 Å². The molecule has 0 saturated heterocycles. The number of amides is 2. The fourth-order valence-electron chi connectivity index (χ4n) is 2.30. The minimum absolute atomic E-state index is 0.113. The summed E-state index contributed by atoms with van der Waals surface area (Å²) in [5.41, 5.74) is 4.90. The predicted octanol–water partition coefficient (Wildman–Crippen LogP) is 5.28. The van der Waals surface area contributed by atoms with Crippen LogP contribution in [0.2, 0.25) is 10.0 Å². The van der Waals surface area contributed by atoms with Gasteiger partial charge >= 0.3 is 0 Å². The zero-order valence-electron chi connectivity index (χ0n) is 15.2. The fourth-order valence-corrected chi connectivity index (χ4v) is 2.79. The molecular weight excluding hydrogens is 385 g/mol. The van der Waals surface area contributed by atoms with Gasteiger partial charge in [0, 0.05) is 17.1 Å². The Labute approximate surface area is 168 Å². The maximum atomic E-state index is 12.4. The molecule has 2 rings (SSSR count). The van der Waals surface area contributed by atoms with Crippen LogP contribution in [0.5, 0.6) is 0 Å². The summed E-state index contributed by atoms with van der Waals surface area (Å²) in [7, 11) is 0. The zero-order chi connectivity index (χ0) is 19.8. The minimum Gasteiger partial charge on any atom is -0.322 e.